The van der Waals surface area contributed by atoms with Gasteiger partial charge in [-0.25, -0.2) is 4.57 Å². The third kappa shape index (κ3) is 10.9. The topological polar surface area (TPSA) is 255 Å². The highest BCUT2D eigenvalue weighted by Crippen LogP contribution is 2.68. The minimum atomic E-state index is -5.01. The number of carbonyl (C=O) groups is 6. The Kier molecular flexibility index (Phi) is 15.1. The molecule has 0 aromatic heterocycles. The van der Waals surface area contributed by atoms with Crippen molar-refractivity contribution >= 4 is 60.5 Å². The number of fused-ring (bicyclic) bond motifs is 5. The lowest BCUT2D eigenvalue weighted by atomic mass is 9.46. The van der Waals surface area contributed by atoms with Crippen molar-refractivity contribution in [2.75, 3.05) is 25.0 Å². The maximum Gasteiger partial charge on any atom is 0.470 e. The average Bonchev–Trinajstić information content (AvgIpc) is 3.52. The average molecular weight is 924 g/mol. The molecule has 0 heterocycles. The number of hydrogen-bond donors (Lipinski definition) is 7. The van der Waals surface area contributed by atoms with Crippen LogP contribution in [0.25, 0.3) is 0 Å². The minimum Gasteiger partial charge on any atom is -0.481 e. The van der Waals surface area contributed by atoms with Gasteiger partial charge in [-0.2, -0.15) is 0 Å². The number of thioether (sulfide) groups is 1. The number of aliphatic hydroxyl groups is 1. The van der Waals surface area contributed by atoms with Crippen LogP contribution in [0.15, 0.2) is 72.3 Å². The van der Waals surface area contributed by atoms with Crippen LogP contribution in [-0.2, 0) is 44.3 Å². The summed E-state index contributed by atoms with van der Waals surface area (Å²) in [4.78, 5) is 94.6. The van der Waals surface area contributed by atoms with E-state index in [-0.39, 0.29) is 54.6 Å². The van der Waals surface area contributed by atoms with Gasteiger partial charge in [0.1, 0.15) is 12.4 Å². The molecule has 2 aromatic carbocycles. The number of carbonyl (C=O) groups excluding carboxylic acids is 5. The highest BCUT2D eigenvalue weighted by atomic mass is 32.2. The van der Waals surface area contributed by atoms with Crippen molar-refractivity contribution in [2.45, 2.75) is 101 Å². The summed E-state index contributed by atoms with van der Waals surface area (Å²) in [6.07, 6.45) is 7.49. The first kappa shape index (κ1) is 48.8. The second-order valence-corrected chi connectivity index (χ2v) is 20.8. The molecular formula is C46H58N3O13PS. The molecule has 16 nitrogen and oxygen atoms in total. The van der Waals surface area contributed by atoms with E-state index in [1.54, 1.807) is 42.5 Å². The van der Waals surface area contributed by atoms with Crippen LogP contribution in [0, 0.1) is 28.6 Å². The molecule has 2 aromatic rings. The van der Waals surface area contributed by atoms with E-state index in [1.165, 1.54) is 11.8 Å². The first-order valence-corrected chi connectivity index (χ1v) is 24.1. The van der Waals surface area contributed by atoms with Gasteiger partial charge in [0.25, 0.3) is 0 Å². The molecule has 0 bridgehead atoms. The molecule has 346 valence electrons. The summed E-state index contributed by atoms with van der Waals surface area (Å²) in [6.45, 7) is 6.13. The lowest BCUT2D eigenvalue weighted by Gasteiger charge is -2.60. The Balaban J connectivity index is 1.09. The molecule has 0 aliphatic heterocycles. The molecular weight excluding hydrogens is 866 g/mol. The number of benzene rings is 2. The van der Waals surface area contributed by atoms with E-state index in [9.17, 15) is 53.3 Å². The second kappa shape index (κ2) is 19.8. The summed E-state index contributed by atoms with van der Waals surface area (Å²) in [6, 6.07) is 14.2. The number of phosphoric acid groups is 1. The molecule has 4 unspecified atom stereocenters. The third-order valence-corrected chi connectivity index (χ3v) is 15.7. The van der Waals surface area contributed by atoms with Gasteiger partial charge in [-0.05, 0) is 104 Å². The Bertz CT molecular complexity index is 2250. The van der Waals surface area contributed by atoms with Crippen molar-refractivity contribution in [2.24, 2.45) is 28.6 Å². The van der Waals surface area contributed by atoms with Crippen molar-refractivity contribution in [1.82, 2.24) is 10.6 Å². The van der Waals surface area contributed by atoms with E-state index in [0.717, 1.165) is 23.1 Å². The van der Waals surface area contributed by atoms with E-state index >= 15 is 0 Å². The number of carboxylic acids is 1. The Hall–Kier alpha value is -4.64. The molecule has 64 heavy (non-hydrogen) atoms. The van der Waals surface area contributed by atoms with E-state index < -0.39 is 78.2 Å². The number of nitrogens with one attached hydrogen (secondary N) is 3. The van der Waals surface area contributed by atoms with Crippen LogP contribution in [-0.4, -0.2) is 97.2 Å². The highest BCUT2D eigenvalue weighted by Gasteiger charge is 2.70. The van der Waals surface area contributed by atoms with Gasteiger partial charge in [-0.15, -0.1) is 11.8 Å². The van der Waals surface area contributed by atoms with Crippen LogP contribution in [0.5, 0.6) is 5.75 Å². The summed E-state index contributed by atoms with van der Waals surface area (Å²) >= 11 is 1.23. The number of Topliss-reactive ketones (excluding diaryl/α,β-unsaturated/α-hetero) is 1. The van der Waals surface area contributed by atoms with Crippen LogP contribution in [0.2, 0.25) is 0 Å². The zero-order chi connectivity index (χ0) is 46.6. The first-order valence-electron chi connectivity index (χ1n) is 21.6. The number of rotatable bonds is 19. The van der Waals surface area contributed by atoms with Crippen molar-refractivity contribution < 1.29 is 62.6 Å². The van der Waals surface area contributed by atoms with Gasteiger partial charge in [0.2, 0.25) is 23.5 Å². The predicted molar refractivity (Wildman–Crippen MR) is 238 cm³/mol. The largest absolute Gasteiger partial charge is 0.481 e. The summed E-state index contributed by atoms with van der Waals surface area (Å²) < 4.78 is 23.3. The van der Waals surface area contributed by atoms with E-state index in [2.05, 4.69) is 22.9 Å². The van der Waals surface area contributed by atoms with Crippen LogP contribution < -0.4 is 20.7 Å². The van der Waals surface area contributed by atoms with Crippen molar-refractivity contribution in [3.8, 4) is 5.75 Å². The fourth-order valence-corrected chi connectivity index (χ4v) is 12.1. The summed E-state index contributed by atoms with van der Waals surface area (Å²) in [7, 11) is -5.01. The maximum atomic E-state index is 14.3. The molecule has 18 heteroatoms. The molecule has 7 N–H and O–H groups in total. The predicted octanol–water partition coefficient (Wildman–Crippen LogP) is 4.90. The minimum absolute atomic E-state index is 0.0133. The number of ketones is 2. The van der Waals surface area contributed by atoms with E-state index in [1.807, 2.05) is 45.0 Å². The third-order valence-electron chi connectivity index (χ3n) is 13.8. The molecule has 4 aliphatic carbocycles. The van der Waals surface area contributed by atoms with Crippen LogP contribution in [0.1, 0.15) is 83.8 Å². The number of phosphoric ester groups is 1. The SMILES string of the molecule is CCC(C)SC(CC(=O)O)C(=O)NCC(=O)NCC(=O)Nc1cccc(Cc2ccc(O[C@]3(C(=O)COP(=O)(O)O)CCC4[C@@H]5CCC6=CC(=O)C=C[C@]6(C)C5[C@@H](O)C[C@@]43C)cc2)c1. The molecule has 4 aliphatic rings. The van der Waals surface area contributed by atoms with Crippen LogP contribution in [0.3, 0.4) is 0 Å². The number of anilines is 1. The number of aliphatic carboxylic acids is 1. The Morgan fingerprint density at radius 3 is 2.39 bits per heavy atom. The molecule has 3 amide bonds. The zero-order valence-electron chi connectivity index (χ0n) is 36.4. The number of carboxylic acid groups (broad SMARTS) is 1. The van der Waals surface area contributed by atoms with Crippen molar-refractivity contribution in [3.05, 3.63) is 83.5 Å². The fraction of sp³-hybridized carbons (Fsp3) is 0.522. The number of aliphatic hydroxyl groups excluding tert-OH is 1. The number of ether oxygens (including phenoxy) is 1. The Labute approximate surface area is 376 Å². The van der Waals surface area contributed by atoms with Crippen molar-refractivity contribution in [1.29, 1.82) is 0 Å². The van der Waals surface area contributed by atoms with Gasteiger partial charge in [0, 0.05) is 27.7 Å². The van der Waals surface area contributed by atoms with E-state index in [4.69, 9.17) is 9.26 Å². The van der Waals surface area contributed by atoms with E-state index in [0.29, 0.717) is 37.1 Å². The zero-order valence-corrected chi connectivity index (χ0v) is 38.1. The standard InChI is InChI=1S/C46H58N3O13PS/c1-5-27(2)64-37(22-41(55)56)43(57)48-24-39(53)47-25-40(54)49-31-8-6-7-29(20-31)19-28-9-12-33(13-10-28)62-46(38(52)26-61-63(58,59)60)18-16-35-34-14-11-30-21-32(50)15-17-44(30,3)42(34)36(51)23-45(35,46)4/h6-10,12-13,15,17,20-21,27,34-37,42,51H,5,11,14,16,18-19,22-26H2,1-4H3,(H,47,53)(H,48,57)(H,49,54)(H,55,56)(H2,58,59,60)/t27?,34-,35?,36-,37?,42?,44-,45-,46-/m0/s1. The molecule has 0 saturated heterocycles. The molecule has 0 radical (unpaired) electrons. The summed E-state index contributed by atoms with van der Waals surface area (Å²) in [5.41, 5.74) is 0.155. The quantitative estimate of drug-likeness (QED) is 0.0927. The van der Waals surface area contributed by atoms with Gasteiger partial charge >= 0.3 is 13.8 Å². The number of amides is 3. The van der Waals surface area contributed by atoms with Crippen LogP contribution >= 0.6 is 19.6 Å². The van der Waals surface area contributed by atoms with Crippen molar-refractivity contribution in [3.63, 3.8) is 0 Å². The van der Waals surface area contributed by atoms with Gasteiger partial charge in [-0.3, -0.25) is 33.3 Å². The molecule has 3 fully saturated rings. The number of allylic oxidation sites excluding steroid dienone is 4. The molecule has 6 rings (SSSR count). The summed E-state index contributed by atoms with van der Waals surface area (Å²) in [5, 5.41) is 28.0. The van der Waals surface area contributed by atoms with Gasteiger partial charge in [0.15, 0.2) is 11.4 Å². The monoisotopic (exact) mass is 923 g/mol. The maximum absolute atomic E-state index is 14.3. The number of hydrogen-bond acceptors (Lipinski definition) is 11. The highest BCUT2D eigenvalue weighted by molar-refractivity contribution is 8.01. The summed E-state index contributed by atoms with van der Waals surface area (Å²) in [5.74, 6) is -3.44. The smallest absolute Gasteiger partial charge is 0.470 e. The first-order chi connectivity index (χ1) is 30.2. The lowest BCUT2D eigenvalue weighted by molar-refractivity contribution is -0.172. The lowest BCUT2D eigenvalue weighted by Crippen LogP contribution is -2.63. The Morgan fingerprint density at radius 2 is 1.70 bits per heavy atom. The molecule has 3 saturated carbocycles. The molecule has 0 spiro atoms. The normalized spacial score (nSPS) is 28.0. The fourth-order valence-electron chi connectivity index (χ4n) is 10.6. The Morgan fingerprint density at radius 1 is 0.984 bits per heavy atom. The van der Waals surface area contributed by atoms with Gasteiger partial charge < -0.3 is 40.7 Å². The molecule has 9 atom stereocenters. The second-order valence-electron chi connectivity index (χ2n) is 17.9. The van der Waals surface area contributed by atoms with Crippen LogP contribution in [0.4, 0.5) is 5.69 Å². The van der Waals surface area contributed by atoms with Gasteiger partial charge in [-0.1, -0.05) is 63.6 Å². The van der Waals surface area contributed by atoms with Gasteiger partial charge in [0.05, 0.1) is 30.9 Å².